The van der Waals surface area contributed by atoms with Crippen LogP contribution >= 0.6 is 0 Å². The fourth-order valence-electron chi connectivity index (χ4n) is 5.10. The molecule has 1 aromatic carbocycles. The molecular formula is C24H24O7. The Kier molecular flexibility index (Phi) is 5.07. The van der Waals surface area contributed by atoms with Gasteiger partial charge >= 0.3 is 17.9 Å². The zero-order valence-corrected chi connectivity index (χ0v) is 17.8. The molecule has 1 heterocycles. The quantitative estimate of drug-likeness (QED) is 0.544. The summed E-state index contributed by atoms with van der Waals surface area (Å²) in [4.78, 5) is 50.3. The lowest BCUT2D eigenvalue weighted by Crippen LogP contribution is -2.50. The van der Waals surface area contributed by atoms with Crippen molar-refractivity contribution in [1.29, 1.82) is 0 Å². The molecule has 1 saturated heterocycles. The Morgan fingerprint density at radius 1 is 1.13 bits per heavy atom. The van der Waals surface area contributed by atoms with Gasteiger partial charge in [0.05, 0.1) is 11.5 Å². The van der Waals surface area contributed by atoms with Gasteiger partial charge in [0.2, 0.25) is 5.60 Å². The average Bonchev–Trinajstić information content (AvgIpc) is 3.08. The minimum atomic E-state index is -1.64. The van der Waals surface area contributed by atoms with Crippen LogP contribution in [-0.2, 0) is 28.6 Å². The van der Waals surface area contributed by atoms with Gasteiger partial charge in [-0.25, -0.2) is 9.59 Å². The third-order valence-electron chi connectivity index (χ3n) is 6.38. The number of fused-ring (bicyclic) bond motifs is 3. The number of hydrogen-bond donors (Lipinski definition) is 0. The molecule has 162 valence electrons. The van der Waals surface area contributed by atoms with E-state index in [0.717, 1.165) is 11.1 Å². The van der Waals surface area contributed by atoms with Crippen molar-refractivity contribution in [2.45, 2.75) is 51.9 Å². The first-order valence-corrected chi connectivity index (χ1v) is 10.2. The van der Waals surface area contributed by atoms with E-state index in [4.69, 9.17) is 14.2 Å². The number of carbonyl (C=O) groups excluding carboxylic acids is 4. The topological polar surface area (TPSA) is 96.0 Å². The monoisotopic (exact) mass is 424 g/mol. The van der Waals surface area contributed by atoms with Crippen molar-refractivity contribution in [3.05, 3.63) is 58.7 Å². The van der Waals surface area contributed by atoms with E-state index in [-0.39, 0.29) is 12.2 Å². The summed E-state index contributed by atoms with van der Waals surface area (Å²) in [5.41, 5.74) is 0.819. The lowest BCUT2D eigenvalue weighted by atomic mass is 9.77. The number of ketones is 1. The smallest absolute Gasteiger partial charge is 0.351 e. The van der Waals surface area contributed by atoms with Gasteiger partial charge in [0.1, 0.15) is 12.2 Å². The second kappa shape index (κ2) is 7.48. The van der Waals surface area contributed by atoms with E-state index in [0.29, 0.717) is 11.1 Å². The molecule has 0 radical (unpaired) electrons. The summed E-state index contributed by atoms with van der Waals surface area (Å²) in [6.45, 7) is 6.33. The van der Waals surface area contributed by atoms with E-state index < -0.39 is 47.6 Å². The summed E-state index contributed by atoms with van der Waals surface area (Å²) in [6, 6.07) is 8.50. The van der Waals surface area contributed by atoms with E-state index >= 15 is 0 Å². The van der Waals surface area contributed by atoms with Crippen molar-refractivity contribution < 1.29 is 33.4 Å². The summed E-state index contributed by atoms with van der Waals surface area (Å²) in [5.74, 6) is -3.27. The molecule has 0 N–H and O–H groups in total. The maximum Gasteiger partial charge on any atom is 0.351 e. The van der Waals surface area contributed by atoms with Crippen molar-refractivity contribution in [2.24, 2.45) is 11.8 Å². The Hall–Kier alpha value is -3.22. The highest BCUT2D eigenvalue weighted by Crippen LogP contribution is 2.51. The lowest BCUT2D eigenvalue weighted by molar-refractivity contribution is -0.174. The zero-order valence-electron chi connectivity index (χ0n) is 17.8. The van der Waals surface area contributed by atoms with Crippen LogP contribution in [0.25, 0.3) is 0 Å². The number of rotatable bonds is 3. The van der Waals surface area contributed by atoms with Crippen molar-refractivity contribution in [2.75, 3.05) is 0 Å². The summed E-state index contributed by atoms with van der Waals surface area (Å²) in [6.07, 6.45) is 0.158. The minimum absolute atomic E-state index is 0.133. The second-order valence-electron chi connectivity index (χ2n) is 8.53. The largest absolute Gasteiger partial charge is 0.458 e. The number of hydrogen-bond acceptors (Lipinski definition) is 7. The predicted octanol–water partition coefficient (Wildman–Crippen LogP) is 2.94. The van der Waals surface area contributed by atoms with Crippen LogP contribution in [-0.4, -0.2) is 41.5 Å². The first-order valence-electron chi connectivity index (χ1n) is 10.2. The van der Waals surface area contributed by atoms with Crippen molar-refractivity contribution >= 4 is 23.7 Å². The van der Waals surface area contributed by atoms with Gasteiger partial charge in [-0.3, -0.25) is 9.59 Å². The SMILES string of the molecule is CC(=O)O[C@]1(C)C(=O)O[C@H]2[C@@H]3C(C)=CC(=O)C3=C(C)C[C@H](OC(=O)c3ccccc3)[C@H]21. The first kappa shape index (κ1) is 21.0. The molecule has 1 aliphatic heterocycles. The summed E-state index contributed by atoms with van der Waals surface area (Å²) in [5, 5.41) is 0. The van der Waals surface area contributed by atoms with Crippen LogP contribution in [0.5, 0.6) is 0 Å². The summed E-state index contributed by atoms with van der Waals surface area (Å²) < 4.78 is 17.1. The van der Waals surface area contributed by atoms with Crippen LogP contribution in [0.4, 0.5) is 0 Å². The second-order valence-corrected chi connectivity index (χ2v) is 8.53. The number of benzene rings is 1. The molecule has 1 fully saturated rings. The molecule has 0 amide bonds. The Morgan fingerprint density at radius 2 is 1.81 bits per heavy atom. The van der Waals surface area contributed by atoms with Crippen LogP contribution < -0.4 is 0 Å². The third kappa shape index (κ3) is 3.38. The molecule has 0 bridgehead atoms. The van der Waals surface area contributed by atoms with Crippen LogP contribution in [0.1, 0.15) is 44.5 Å². The van der Waals surface area contributed by atoms with Gasteiger partial charge in [0.15, 0.2) is 5.78 Å². The molecule has 2 aliphatic carbocycles. The Bertz CT molecular complexity index is 1040. The molecule has 3 aliphatic rings. The zero-order chi connectivity index (χ0) is 22.5. The van der Waals surface area contributed by atoms with Crippen molar-refractivity contribution in [3.8, 4) is 0 Å². The summed E-state index contributed by atoms with van der Waals surface area (Å²) >= 11 is 0. The van der Waals surface area contributed by atoms with Gasteiger partial charge in [-0.05, 0) is 39.0 Å². The van der Waals surface area contributed by atoms with E-state index in [1.807, 2.05) is 13.8 Å². The molecule has 7 heteroatoms. The van der Waals surface area contributed by atoms with Gasteiger partial charge in [0, 0.05) is 24.8 Å². The van der Waals surface area contributed by atoms with Crippen molar-refractivity contribution in [1.82, 2.24) is 0 Å². The summed E-state index contributed by atoms with van der Waals surface area (Å²) in [7, 11) is 0. The number of allylic oxidation sites excluding steroid dienone is 1. The van der Waals surface area contributed by atoms with Gasteiger partial charge in [-0.2, -0.15) is 0 Å². The van der Waals surface area contributed by atoms with Gasteiger partial charge < -0.3 is 14.2 Å². The van der Waals surface area contributed by atoms with E-state index in [1.54, 1.807) is 36.4 Å². The highest BCUT2D eigenvalue weighted by atomic mass is 16.6. The van der Waals surface area contributed by atoms with Crippen LogP contribution in [0.3, 0.4) is 0 Å². The molecule has 5 atom stereocenters. The molecule has 0 unspecified atom stereocenters. The molecule has 0 aromatic heterocycles. The number of carbonyl (C=O) groups is 4. The standard InChI is InChI=1S/C24H24O7/c1-12-10-16(26)18-13(2)11-17(29-22(27)15-8-6-5-7-9-15)20-21(19(12)18)30-23(28)24(20,4)31-14(3)25/h5-10,17,19-21H,11H2,1-4H3/t17-,19+,20+,21-,24-/m0/s1. The number of esters is 3. The maximum absolute atomic E-state index is 12.9. The minimum Gasteiger partial charge on any atom is -0.458 e. The molecule has 7 nitrogen and oxygen atoms in total. The molecule has 4 rings (SSSR count). The normalized spacial score (nSPS) is 31.9. The fraction of sp³-hybridized carbons (Fsp3) is 0.417. The van der Waals surface area contributed by atoms with Gasteiger partial charge in [-0.15, -0.1) is 0 Å². The lowest BCUT2D eigenvalue weighted by Gasteiger charge is -2.34. The Labute approximate surface area is 180 Å². The predicted molar refractivity (Wildman–Crippen MR) is 109 cm³/mol. The van der Waals surface area contributed by atoms with Crippen LogP contribution in [0, 0.1) is 11.8 Å². The molecule has 0 saturated carbocycles. The highest BCUT2D eigenvalue weighted by molar-refractivity contribution is 6.09. The van der Waals surface area contributed by atoms with Crippen LogP contribution in [0.15, 0.2) is 53.1 Å². The average molecular weight is 424 g/mol. The van der Waals surface area contributed by atoms with E-state index in [9.17, 15) is 19.2 Å². The van der Waals surface area contributed by atoms with E-state index in [1.165, 1.54) is 13.8 Å². The molecule has 1 aromatic rings. The Morgan fingerprint density at radius 3 is 2.45 bits per heavy atom. The maximum atomic E-state index is 12.9. The van der Waals surface area contributed by atoms with Gasteiger partial charge in [-0.1, -0.05) is 29.3 Å². The van der Waals surface area contributed by atoms with Gasteiger partial charge in [0.25, 0.3) is 0 Å². The van der Waals surface area contributed by atoms with Crippen molar-refractivity contribution in [3.63, 3.8) is 0 Å². The molecular weight excluding hydrogens is 400 g/mol. The highest BCUT2D eigenvalue weighted by Gasteiger charge is 2.65. The van der Waals surface area contributed by atoms with E-state index in [2.05, 4.69) is 0 Å². The van der Waals surface area contributed by atoms with Crippen LogP contribution in [0.2, 0.25) is 0 Å². The third-order valence-corrected chi connectivity index (χ3v) is 6.38. The molecule has 0 spiro atoms. The fourth-order valence-corrected chi connectivity index (χ4v) is 5.10. The number of ether oxygens (including phenoxy) is 3. The first-order chi connectivity index (χ1) is 14.6. The molecule has 31 heavy (non-hydrogen) atoms. The Balaban J connectivity index is 1.79.